The third-order valence-electron chi connectivity index (χ3n) is 3.24. The van der Waals surface area contributed by atoms with Gasteiger partial charge in [0.2, 0.25) is 0 Å². The second-order valence-electron chi connectivity index (χ2n) is 5.15. The van der Waals surface area contributed by atoms with Crippen molar-refractivity contribution in [2.75, 3.05) is 20.3 Å². The van der Waals surface area contributed by atoms with Crippen LogP contribution in [0.3, 0.4) is 0 Å². The Hall–Kier alpha value is -0.570. The molecule has 3 nitrogen and oxygen atoms in total. The molecule has 0 aromatic rings. The molecular formula is C16H32O3. The topological polar surface area (TPSA) is 35.5 Å². The second kappa shape index (κ2) is 15.5. The molecule has 0 aliphatic rings. The molecule has 0 unspecified atom stereocenters. The van der Waals surface area contributed by atoms with E-state index in [2.05, 4.69) is 6.92 Å². The third-order valence-corrected chi connectivity index (χ3v) is 3.24. The van der Waals surface area contributed by atoms with E-state index in [1.165, 1.54) is 38.5 Å². The molecule has 0 amide bonds. The molecule has 0 heterocycles. The highest BCUT2D eigenvalue weighted by atomic mass is 16.5. The fraction of sp³-hybridized carbons (Fsp3) is 0.938. The molecular weight excluding hydrogens is 240 g/mol. The Balaban J connectivity index is 3.12. The molecule has 0 aromatic heterocycles. The van der Waals surface area contributed by atoms with E-state index in [0.717, 1.165) is 32.3 Å². The summed E-state index contributed by atoms with van der Waals surface area (Å²) in [6, 6.07) is 0. The predicted octanol–water partition coefficient (Wildman–Crippen LogP) is 4.49. The first-order chi connectivity index (χ1) is 9.31. The van der Waals surface area contributed by atoms with Crippen LogP contribution in [0.5, 0.6) is 0 Å². The van der Waals surface area contributed by atoms with Crippen molar-refractivity contribution in [3.8, 4) is 0 Å². The fourth-order valence-corrected chi connectivity index (χ4v) is 2.01. The van der Waals surface area contributed by atoms with E-state index in [0.29, 0.717) is 13.0 Å². The summed E-state index contributed by atoms with van der Waals surface area (Å²) in [5.74, 6) is -0.0385. The number of rotatable bonds is 14. The molecule has 3 heteroatoms. The lowest BCUT2D eigenvalue weighted by Crippen LogP contribution is -2.05. The van der Waals surface area contributed by atoms with Gasteiger partial charge in [0.15, 0.2) is 0 Å². The molecule has 19 heavy (non-hydrogen) atoms. The molecule has 0 aliphatic heterocycles. The number of ether oxygens (including phenoxy) is 2. The third kappa shape index (κ3) is 15.4. The lowest BCUT2D eigenvalue weighted by molar-refractivity contribution is -0.143. The standard InChI is InChI=1S/C16H32O3/c1-3-4-5-6-7-8-12-15-19-16(17)13-10-9-11-14-18-2/h3-15H2,1-2H3. The van der Waals surface area contributed by atoms with Crippen LogP contribution in [-0.2, 0) is 14.3 Å². The molecule has 0 radical (unpaired) electrons. The molecule has 0 saturated heterocycles. The molecule has 0 bridgehead atoms. The van der Waals surface area contributed by atoms with Gasteiger partial charge in [-0.15, -0.1) is 0 Å². The summed E-state index contributed by atoms with van der Waals surface area (Å²) in [4.78, 5) is 11.4. The normalized spacial score (nSPS) is 10.6. The van der Waals surface area contributed by atoms with Gasteiger partial charge in [0.05, 0.1) is 6.61 Å². The van der Waals surface area contributed by atoms with Crippen molar-refractivity contribution in [1.82, 2.24) is 0 Å². The number of hydrogen-bond donors (Lipinski definition) is 0. The molecule has 0 N–H and O–H groups in total. The maximum atomic E-state index is 11.4. The minimum absolute atomic E-state index is 0.0385. The molecule has 114 valence electrons. The van der Waals surface area contributed by atoms with E-state index in [-0.39, 0.29) is 5.97 Å². The average Bonchev–Trinajstić information content (AvgIpc) is 2.41. The predicted molar refractivity (Wildman–Crippen MR) is 79.3 cm³/mol. The molecule has 0 rings (SSSR count). The summed E-state index contributed by atoms with van der Waals surface area (Å²) in [6.07, 6.45) is 12.3. The van der Waals surface area contributed by atoms with E-state index >= 15 is 0 Å². The van der Waals surface area contributed by atoms with E-state index in [9.17, 15) is 4.79 Å². The minimum Gasteiger partial charge on any atom is -0.466 e. The first-order valence-electron chi connectivity index (χ1n) is 7.95. The van der Waals surface area contributed by atoms with Gasteiger partial charge in [0.25, 0.3) is 0 Å². The minimum atomic E-state index is -0.0385. The highest BCUT2D eigenvalue weighted by molar-refractivity contribution is 5.69. The summed E-state index contributed by atoms with van der Waals surface area (Å²) < 4.78 is 10.2. The van der Waals surface area contributed by atoms with Gasteiger partial charge in [0, 0.05) is 20.1 Å². The number of esters is 1. The van der Waals surface area contributed by atoms with Crippen molar-refractivity contribution in [2.45, 2.75) is 77.6 Å². The van der Waals surface area contributed by atoms with Gasteiger partial charge in [-0.1, -0.05) is 51.9 Å². The Bertz CT molecular complexity index is 192. The largest absolute Gasteiger partial charge is 0.466 e. The highest BCUT2D eigenvalue weighted by Crippen LogP contribution is 2.07. The number of methoxy groups -OCH3 is 1. The molecule has 0 atom stereocenters. The lowest BCUT2D eigenvalue weighted by atomic mass is 10.1. The fourth-order valence-electron chi connectivity index (χ4n) is 2.01. The van der Waals surface area contributed by atoms with Gasteiger partial charge in [-0.3, -0.25) is 4.79 Å². The zero-order chi connectivity index (χ0) is 14.2. The van der Waals surface area contributed by atoms with Crippen molar-refractivity contribution in [3.05, 3.63) is 0 Å². The molecule has 0 saturated carbocycles. The first kappa shape index (κ1) is 18.4. The van der Waals surface area contributed by atoms with E-state index in [4.69, 9.17) is 9.47 Å². The Morgan fingerprint density at radius 2 is 1.37 bits per heavy atom. The van der Waals surface area contributed by atoms with Crippen LogP contribution in [0.4, 0.5) is 0 Å². The van der Waals surface area contributed by atoms with E-state index in [1.54, 1.807) is 7.11 Å². The number of carbonyl (C=O) groups excluding carboxylic acids is 1. The molecule has 0 fully saturated rings. The SMILES string of the molecule is CCCCCCCCCOC(=O)CCCCCOC. The highest BCUT2D eigenvalue weighted by Gasteiger charge is 2.02. The zero-order valence-corrected chi connectivity index (χ0v) is 12.9. The number of carbonyl (C=O) groups is 1. The van der Waals surface area contributed by atoms with Crippen LogP contribution in [0.15, 0.2) is 0 Å². The van der Waals surface area contributed by atoms with Gasteiger partial charge < -0.3 is 9.47 Å². The summed E-state index contributed by atoms with van der Waals surface area (Å²) in [5, 5.41) is 0. The van der Waals surface area contributed by atoms with Crippen LogP contribution in [0, 0.1) is 0 Å². The van der Waals surface area contributed by atoms with Crippen LogP contribution in [-0.4, -0.2) is 26.3 Å². The number of hydrogen-bond acceptors (Lipinski definition) is 3. The van der Waals surface area contributed by atoms with Crippen LogP contribution >= 0.6 is 0 Å². The Morgan fingerprint density at radius 3 is 2.05 bits per heavy atom. The molecule has 0 aromatic carbocycles. The Morgan fingerprint density at radius 1 is 0.789 bits per heavy atom. The van der Waals surface area contributed by atoms with Crippen molar-refractivity contribution in [2.24, 2.45) is 0 Å². The lowest BCUT2D eigenvalue weighted by Gasteiger charge is -2.05. The average molecular weight is 272 g/mol. The summed E-state index contributed by atoms with van der Waals surface area (Å²) in [7, 11) is 1.70. The van der Waals surface area contributed by atoms with Crippen LogP contribution in [0.25, 0.3) is 0 Å². The van der Waals surface area contributed by atoms with Crippen LogP contribution < -0.4 is 0 Å². The zero-order valence-electron chi connectivity index (χ0n) is 12.9. The van der Waals surface area contributed by atoms with Gasteiger partial charge in [-0.05, 0) is 19.3 Å². The smallest absolute Gasteiger partial charge is 0.305 e. The Labute approximate surface area is 119 Å². The van der Waals surface area contributed by atoms with E-state index in [1.807, 2.05) is 0 Å². The van der Waals surface area contributed by atoms with Crippen LogP contribution in [0.1, 0.15) is 77.6 Å². The van der Waals surface area contributed by atoms with Gasteiger partial charge in [-0.2, -0.15) is 0 Å². The van der Waals surface area contributed by atoms with Crippen molar-refractivity contribution in [1.29, 1.82) is 0 Å². The van der Waals surface area contributed by atoms with Gasteiger partial charge >= 0.3 is 5.97 Å². The van der Waals surface area contributed by atoms with Crippen molar-refractivity contribution in [3.63, 3.8) is 0 Å². The molecule has 0 aliphatic carbocycles. The Kier molecular flexibility index (Phi) is 15.0. The van der Waals surface area contributed by atoms with E-state index < -0.39 is 0 Å². The maximum absolute atomic E-state index is 11.4. The summed E-state index contributed by atoms with van der Waals surface area (Å²) >= 11 is 0. The van der Waals surface area contributed by atoms with Gasteiger partial charge in [-0.25, -0.2) is 0 Å². The molecule has 0 spiro atoms. The summed E-state index contributed by atoms with van der Waals surface area (Å²) in [5.41, 5.74) is 0. The van der Waals surface area contributed by atoms with Crippen molar-refractivity contribution < 1.29 is 14.3 Å². The quantitative estimate of drug-likeness (QED) is 0.345. The van der Waals surface area contributed by atoms with Crippen molar-refractivity contribution >= 4 is 5.97 Å². The number of unbranched alkanes of at least 4 members (excludes halogenated alkanes) is 8. The van der Waals surface area contributed by atoms with Crippen LogP contribution in [0.2, 0.25) is 0 Å². The van der Waals surface area contributed by atoms with Gasteiger partial charge in [0.1, 0.15) is 0 Å². The monoisotopic (exact) mass is 272 g/mol. The first-order valence-corrected chi connectivity index (χ1v) is 7.95. The second-order valence-corrected chi connectivity index (χ2v) is 5.15. The summed E-state index contributed by atoms with van der Waals surface area (Å²) in [6.45, 7) is 3.62. The maximum Gasteiger partial charge on any atom is 0.305 e.